The Bertz CT molecular complexity index is 356. The third-order valence-corrected chi connectivity index (χ3v) is 3.00. The van der Waals surface area contributed by atoms with Crippen molar-refractivity contribution in [3.63, 3.8) is 0 Å². The lowest BCUT2D eigenvalue weighted by atomic mass is 10.1. The summed E-state index contributed by atoms with van der Waals surface area (Å²) in [6, 6.07) is 4.18. The number of benzene rings is 1. The Balaban J connectivity index is 2.38. The van der Waals surface area contributed by atoms with Gasteiger partial charge < -0.3 is 10.1 Å². The van der Waals surface area contributed by atoms with Crippen molar-refractivity contribution >= 4 is 27.5 Å². The van der Waals surface area contributed by atoms with Gasteiger partial charge >= 0.3 is 0 Å². The summed E-state index contributed by atoms with van der Waals surface area (Å²) < 4.78 is 6.53. The van der Waals surface area contributed by atoms with Crippen LogP contribution in [0.1, 0.15) is 18.5 Å². The zero-order chi connectivity index (χ0) is 10.1. The molecule has 1 aromatic carbocycles. The van der Waals surface area contributed by atoms with Crippen molar-refractivity contribution in [2.75, 3.05) is 13.2 Å². The van der Waals surface area contributed by atoms with Gasteiger partial charge in [-0.25, -0.2) is 0 Å². The predicted octanol–water partition coefficient (Wildman–Crippen LogP) is 3.15. The lowest BCUT2D eigenvalue weighted by Crippen LogP contribution is -2.21. The average Bonchev–Trinajstić information content (AvgIpc) is 2.49. The molecule has 1 aliphatic heterocycles. The SMILES string of the molecule is CCNC1COc2c(Cl)cc(Br)cc21. The minimum Gasteiger partial charge on any atom is -0.490 e. The molecule has 0 aliphatic carbocycles. The maximum atomic E-state index is 6.06. The van der Waals surface area contributed by atoms with Crippen LogP contribution in [0.25, 0.3) is 0 Å². The highest BCUT2D eigenvalue weighted by atomic mass is 79.9. The number of nitrogens with one attached hydrogen (secondary N) is 1. The first-order valence-corrected chi connectivity index (χ1v) is 5.74. The highest BCUT2D eigenvalue weighted by molar-refractivity contribution is 9.10. The van der Waals surface area contributed by atoms with Gasteiger partial charge in [0.25, 0.3) is 0 Å². The molecule has 0 spiro atoms. The zero-order valence-electron chi connectivity index (χ0n) is 7.81. The van der Waals surface area contributed by atoms with Crippen LogP contribution in [0, 0.1) is 0 Å². The molecule has 0 radical (unpaired) electrons. The van der Waals surface area contributed by atoms with Crippen LogP contribution in [0.2, 0.25) is 5.02 Å². The fourth-order valence-corrected chi connectivity index (χ4v) is 2.55. The molecule has 1 aliphatic rings. The summed E-state index contributed by atoms with van der Waals surface area (Å²) in [5.74, 6) is 0.820. The normalized spacial score (nSPS) is 19.2. The first kappa shape index (κ1) is 10.3. The predicted molar refractivity (Wildman–Crippen MR) is 61.1 cm³/mol. The Morgan fingerprint density at radius 1 is 1.64 bits per heavy atom. The summed E-state index contributed by atoms with van der Waals surface area (Å²) in [7, 11) is 0. The van der Waals surface area contributed by atoms with E-state index in [9.17, 15) is 0 Å². The lowest BCUT2D eigenvalue weighted by Gasteiger charge is -2.09. The third-order valence-electron chi connectivity index (χ3n) is 2.26. The van der Waals surface area contributed by atoms with Gasteiger partial charge in [0.05, 0.1) is 11.1 Å². The largest absolute Gasteiger partial charge is 0.490 e. The molecule has 1 atom stereocenters. The molecule has 4 heteroatoms. The van der Waals surface area contributed by atoms with Gasteiger partial charge in [-0.2, -0.15) is 0 Å². The topological polar surface area (TPSA) is 21.3 Å². The van der Waals surface area contributed by atoms with Crippen LogP contribution in [0.15, 0.2) is 16.6 Å². The van der Waals surface area contributed by atoms with Crippen LogP contribution < -0.4 is 10.1 Å². The summed E-state index contributed by atoms with van der Waals surface area (Å²) in [5, 5.41) is 4.03. The van der Waals surface area contributed by atoms with Crippen LogP contribution in [0.4, 0.5) is 0 Å². The van der Waals surface area contributed by atoms with Crippen LogP contribution in [-0.4, -0.2) is 13.2 Å². The Morgan fingerprint density at radius 2 is 2.43 bits per heavy atom. The Labute approximate surface area is 96.7 Å². The maximum absolute atomic E-state index is 6.06. The average molecular weight is 277 g/mol. The first-order valence-electron chi connectivity index (χ1n) is 4.57. The molecule has 14 heavy (non-hydrogen) atoms. The molecule has 0 bridgehead atoms. The fourth-order valence-electron chi connectivity index (χ4n) is 1.66. The van der Waals surface area contributed by atoms with Crippen molar-refractivity contribution in [2.24, 2.45) is 0 Å². The zero-order valence-corrected chi connectivity index (χ0v) is 10.2. The van der Waals surface area contributed by atoms with Gasteiger partial charge in [-0.05, 0) is 18.7 Å². The number of likely N-dealkylation sites (N-methyl/N-ethyl adjacent to an activating group) is 1. The van der Waals surface area contributed by atoms with Gasteiger partial charge in [-0.3, -0.25) is 0 Å². The summed E-state index contributed by atoms with van der Waals surface area (Å²) in [4.78, 5) is 0. The Morgan fingerprint density at radius 3 is 3.14 bits per heavy atom. The van der Waals surface area contributed by atoms with Crippen molar-refractivity contribution in [3.05, 3.63) is 27.2 Å². The number of hydrogen-bond acceptors (Lipinski definition) is 2. The summed E-state index contributed by atoms with van der Waals surface area (Å²) in [6.45, 7) is 3.68. The van der Waals surface area contributed by atoms with Gasteiger partial charge in [0.15, 0.2) is 0 Å². The molecule has 1 heterocycles. The van der Waals surface area contributed by atoms with E-state index in [4.69, 9.17) is 16.3 Å². The van der Waals surface area contributed by atoms with Crippen molar-refractivity contribution < 1.29 is 4.74 Å². The highest BCUT2D eigenvalue weighted by Crippen LogP contribution is 2.40. The molecular formula is C10H11BrClNO. The van der Waals surface area contributed by atoms with E-state index in [0.717, 1.165) is 22.3 Å². The minimum atomic E-state index is 0.269. The van der Waals surface area contributed by atoms with E-state index in [1.807, 2.05) is 6.07 Å². The van der Waals surface area contributed by atoms with Crippen LogP contribution in [0.3, 0.4) is 0 Å². The molecule has 2 rings (SSSR count). The molecule has 1 N–H and O–H groups in total. The molecule has 2 nitrogen and oxygen atoms in total. The van der Waals surface area contributed by atoms with Crippen LogP contribution in [-0.2, 0) is 0 Å². The van der Waals surface area contributed by atoms with E-state index in [1.165, 1.54) is 0 Å². The highest BCUT2D eigenvalue weighted by Gasteiger charge is 2.25. The molecule has 0 amide bonds. The van der Waals surface area contributed by atoms with Gasteiger partial charge in [0, 0.05) is 10.0 Å². The van der Waals surface area contributed by atoms with Crippen molar-refractivity contribution in [3.8, 4) is 5.75 Å². The van der Waals surface area contributed by atoms with E-state index >= 15 is 0 Å². The minimum absolute atomic E-state index is 0.269. The van der Waals surface area contributed by atoms with Gasteiger partial charge in [0.1, 0.15) is 12.4 Å². The summed E-state index contributed by atoms with van der Waals surface area (Å²) in [5.41, 5.74) is 1.14. The third kappa shape index (κ3) is 1.76. The van der Waals surface area contributed by atoms with Gasteiger partial charge in [0.2, 0.25) is 0 Å². The quantitative estimate of drug-likeness (QED) is 0.896. The molecule has 76 valence electrons. The molecule has 0 saturated carbocycles. The van der Waals surface area contributed by atoms with Crippen LogP contribution >= 0.6 is 27.5 Å². The maximum Gasteiger partial charge on any atom is 0.142 e. The number of halogens is 2. The van der Waals surface area contributed by atoms with E-state index in [0.29, 0.717) is 11.6 Å². The molecule has 0 aromatic heterocycles. The smallest absolute Gasteiger partial charge is 0.142 e. The second kappa shape index (κ2) is 4.09. The fraction of sp³-hybridized carbons (Fsp3) is 0.400. The van der Waals surface area contributed by atoms with Crippen LogP contribution in [0.5, 0.6) is 5.75 Å². The molecule has 0 saturated heterocycles. The van der Waals surface area contributed by atoms with E-state index in [2.05, 4.69) is 34.2 Å². The summed E-state index contributed by atoms with van der Waals surface area (Å²) in [6.07, 6.45) is 0. The van der Waals surface area contributed by atoms with Crippen molar-refractivity contribution in [1.82, 2.24) is 5.32 Å². The summed E-state index contributed by atoms with van der Waals surface area (Å²) >= 11 is 9.48. The molecule has 1 unspecified atom stereocenters. The Hall–Kier alpha value is -0.250. The number of fused-ring (bicyclic) bond motifs is 1. The number of hydrogen-bond donors (Lipinski definition) is 1. The second-order valence-corrected chi connectivity index (χ2v) is 4.55. The van der Waals surface area contributed by atoms with E-state index in [-0.39, 0.29) is 6.04 Å². The monoisotopic (exact) mass is 275 g/mol. The molecule has 1 aromatic rings. The second-order valence-electron chi connectivity index (χ2n) is 3.23. The number of ether oxygens (including phenoxy) is 1. The van der Waals surface area contributed by atoms with Crippen molar-refractivity contribution in [1.29, 1.82) is 0 Å². The molecule has 0 fully saturated rings. The van der Waals surface area contributed by atoms with E-state index in [1.54, 1.807) is 0 Å². The van der Waals surface area contributed by atoms with Gasteiger partial charge in [-0.15, -0.1) is 0 Å². The van der Waals surface area contributed by atoms with Gasteiger partial charge in [-0.1, -0.05) is 34.5 Å². The van der Waals surface area contributed by atoms with E-state index < -0.39 is 0 Å². The van der Waals surface area contributed by atoms with Crippen molar-refractivity contribution in [2.45, 2.75) is 13.0 Å². The lowest BCUT2D eigenvalue weighted by molar-refractivity contribution is 0.313. The standard InChI is InChI=1S/C10H11BrClNO/c1-2-13-9-5-14-10-7(9)3-6(11)4-8(10)12/h3-4,9,13H,2,5H2,1H3. The Kier molecular flexibility index (Phi) is 3.00. The number of rotatable bonds is 2. The first-order chi connectivity index (χ1) is 6.72. The molecular weight excluding hydrogens is 265 g/mol.